The average Bonchev–Trinajstić information content (AvgIpc) is 2.33. The van der Waals surface area contributed by atoms with E-state index in [1.54, 1.807) is 19.2 Å². The van der Waals surface area contributed by atoms with Gasteiger partial charge in [0.1, 0.15) is 0 Å². The van der Waals surface area contributed by atoms with Crippen molar-refractivity contribution in [3.8, 4) is 0 Å². The zero-order valence-corrected chi connectivity index (χ0v) is 12.7. The third kappa shape index (κ3) is 4.55. The highest BCUT2D eigenvalue weighted by atomic mass is 79.9. The van der Waals surface area contributed by atoms with E-state index in [0.29, 0.717) is 15.7 Å². The van der Waals surface area contributed by atoms with Crippen LogP contribution in [0.15, 0.2) is 22.7 Å². The zero-order valence-electron chi connectivity index (χ0n) is 11.1. The first-order valence-corrected chi connectivity index (χ1v) is 6.59. The molecule has 0 bridgehead atoms. The van der Waals surface area contributed by atoms with Crippen LogP contribution in [0.5, 0.6) is 0 Å². The van der Waals surface area contributed by atoms with Gasteiger partial charge in [-0.3, -0.25) is 4.79 Å². The van der Waals surface area contributed by atoms with Crippen LogP contribution in [0.3, 0.4) is 0 Å². The first-order valence-electron chi connectivity index (χ1n) is 5.80. The molecule has 0 radical (unpaired) electrons. The molecule has 0 saturated heterocycles. The lowest BCUT2D eigenvalue weighted by atomic mass is 10.2. The number of likely N-dealkylation sites (N-methyl/N-ethyl adjacent to an activating group) is 1. The summed E-state index contributed by atoms with van der Waals surface area (Å²) in [6, 6.07) is 4.83. The summed E-state index contributed by atoms with van der Waals surface area (Å²) in [5.74, 6) is -0.815. The fourth-order valence-electron chi connectivity index (χ4n) is 1.33. The number of benzene rings is 1. The molecule has 0 aliphatic carbocycles. The smallest absolute Gasteiger partial charge is 0.338 e. The third-order valence-corrected chi connectivity index (χ3v) is 3.11. The molecule has 104 valence electrons. The number of esters is 1. The summed E-state index contributed by atoms with van der Waals surface area (Å²) in [4.78, 5) is 25.0. The van der Waals surface area contributed by atoms with Crippen LogP contribution in [0.1, 0.15) is 24.2 Å². The Morgan fingerprint density at radius 3 is 2.53 bits per heavy atom. The average molecular weight is 329 g/mol. The molecule has 0 saturated carbocycles. The van der Waals surface area contributed by atoms with Crippen LogP contribution in [0.2, 0.25) is 0 Å². The van der Waals surface area contributed by atoms with Gasteiger partial charge in [-0.15, -0.1) is 0 Å². The van der Waals surface area contributed by atoms with Crippen molar-refractivity contribution in [2.45, 2.75) is 19.9 Å². The van der Waals surface area contributed by atoms with Gasteiger partial charge in [0.05, 0.1) is 5.56 Å². The predicted octanol–water partition coefficient (Wildman–Crippen LogP) is 2.05. The number of carbonyl (C=O) groups is 2. The van der Waals surface area contributed by atoms with Gasteiger partial charge in [0.2, 0.25) is 0 Å². The first-order chi connectivity index (χ1) is 8.81. The second-order valence-corrected chi connectivity index (χ2v) is 5.36. The van der Waals surface area contributed by atoms with Gasteiger partial charge in [-0.2, -0.15) is 0 Å². The predicted molar refractivity (Wildman–Crippen MR) is 76.7 cm³/mol. The lowest BCUT2D eigenvalue weighted by Crippen LogP contribution is -2.36. The highest BCUT2D eigenvalue weighted by Crippen LogP contribution is 2.17. The Hall–Kier alpha value is -1.56. The largest absolute Gasteiger partial charge is 0.452 e. The Morgan fingerprint density at radius 2 is 2.00 bits per heavy atom. The van der Waals surface area contributed by atoms with Crippen molar-refractivity contribution in [2.24, 2.45) is 0 Å². The number of ether oxygens (including phenoxy) is 1. The van der Waals surface area contributed by atoms with Crippen molar-refractivity contribution in [1.29, 1.82) is 0 Å². The van der Waals surface area contributed by atoms with Crippen molar-refractivity contribution in [3.63, 3.8) is 0 Å². The summed E-state index contributed by atoms with van der Waals surface area (Å²) in [7, 11) is 1.66. The molecule has 1 aromatic carbocycles. The van der Waals surface area contributed by atoms with E-state index in [1.807, 2.05) is 13.8 Å². The molecular formula is C13H17BrN2O3. The molecule has 0 heterocycles. The lowest BCUT2D eigenvalue weighted by Gasteiger charge is -2.21. The highest BCUT2D eigenvalue weighted by molar-refractivity contribution is 9.10. The molecule has 0 atom stereocenters. The maximum Gasteiger partial charge on any atom is 0.338 e. The van der Waals surface area contributed by atoms with Gasteiger partial charge in [0, 0.05) is 23.2 Å². The minimum absolute atomic E-state index is 0.0627. The summed E-state index contributed by atoms with van der Waals surface area (Å²) >= 11 is 3.24. The van der Waals surface area contributed by atoms with Crippen LogP contribution in [0, 0.1) is 0 Å². The van der Waals surface area contributed by atoms with E-state index in [-0.39, 0.29) is 18.6 Å². The zero-order chi connectivity index (χ0) is 14.6. The van der Waals surface area contributed by atoms with E-state index in [4.69, 9.17) is 10.5 Å². The van der Waals surface area contributed by atoms with E-state index in [1.165, 1.54) is 11.0 Å². The highest BCUT2D eigenvalue weighted by Gasteiger charge is 2.15. The summed E-state index contributed by atoms with van der Waals surface area (Å²) in [6.45, 7) is 3.49. The molecule has 0 aliphatic heterocycles. The van der Waals surface area contributed by atoms with Gasteiger partial charge >= 0.3 is 5.97 Å². The molecule has 0 fully saturated rings. The molecule has 0 aliphatic rings. The van der Waals surface area contributed by atoms with E-state index in [2.05, 4.69) is 15.9 Å². The molecule has 1 amide bonds. The number of halogens is 1. The van der Waals surface area contributed by atoms with Crippen molar-refractivity contribution in [2.75, 3.05) is 19.4 Å². The molecule has 1 rings (SSSR count). The Bertz CT molecular complexity index is 469. The van der Waals surface area contributed by atoms with Crippen molar-refractivity contribution >= 4 is 33.5 Å². The number of nitrogens with two attached hydrogens (primary N) is 1. The fraction of sp³-hybridized carbons (Fsp3) is 0.385. The Kier molecular flexibility index (Phi) is 5.35. The first kappa shape index (κ1) is 15.5. The van der Waals surface area contributed by atoms with Crippen LogP contribution in [0.4, 0.5) is 5.69 Å². The van der Waals surface area contributed by atoms with Gasteiger partial charge in [-0.25, -0.2) is 4.79 Å². The number of hydrogen-bond acceptors (Lipinski definition) is 4. The minimum atomic E-state index is -0.571. The van der Waals surface area contributed by atoms with E-state index >= 15 is 0 Å². The molecule has 0 spiro atoms. The SMILES string of the molecule is CC(C)N(C)C(=O)COC(=O)c1cc(N)cc(Br)c1. The third-order valence-electron chi connectivity index (χ3n) is 2.65. The van der Waals surface area contributed by atoms with Crippen LogP contribution < -0.4 is 5.73 Å². The quantitative estimate of drug-likeness (QED) is 0.678. The van der Waals surface area contributed by atoms with Crippen molar-refractivity contribution < 1.29 is 14.3 Å². The Morgan fingerprint density at radius 1 is 1.37 bits per heavy atom. The molecule has 5 nitrogen and oxygen atoms in total. The maximum atomic E-state index is 11.8. The molecule has 2 N–H and O–H groups in total. The fourth-order valence-corrected chi connectivity index (χ4v) is 1.84. The van der Waals surface area contributed by atoms with Crippen LogP contribution in [-0.4, -0.2) is 36.5 Å². The monoisotopic (exact) mass is 328 g/mol. The minimum Gasteiger partial charge on any atom is -0.452 e. The molecule has 6 heteroatoms. The summed E-state index contributed by atoms with van der Waals surface area (Å²) < 4.78 is 5.65. The second-order valence-electron chi connectivity index (χ2n) is 4.45. The number of hydrogen-bond donors (Lipinski definition) is 1. The van der Waals surface area contributed by atoms with Crippen LogP contribution in [-0.2, 0) is 9.53 Å². The molecular weight excluding hydrogens is 312 g/mol. The number of carbonyl (C=O) groups excluding carboxylic acids is 2. The van der Waals surface area contributed by atoms with Gasteiger partial charge in [-0.05, 0) is 32.0 Å². The van der Waals surface area contributed by atoms with E-state index in [0.717, 1.165) is 0 Å². The lowest BCUT2D eigenvalue weighted by molar-refractivity contribution is -0.134. The number of rotatable bonds is 4. The normalized spacial score (nSPS) is 10.4. The molecule has 1 aromatic rings. The van der Waals surface area contributed by atoms with Crippen molar-refractivity contribution in [3.05, 3.63) is 28.2 Å². The standard InChI is InChI=1S/C13H17BrN2O3/c1-8(2)16(3)12(17)7-19-13(18)9-4-10(14)6-11(15)5-9/h4-6,8H,7,15H2,1-3H3. The van der Waals surface area contributed by atoms with Gasteiger partial charge in [0.25, 0.3) is 5.91 Å². The Labute approximate surface area is 120 Å². The van der Waals surface area contributed by atoms with E-state index in [9.17, 15) is 9.59 Å². The summed E-state index contributed by atoms with van der Waals surface area (Å²) in [5.41, 5.74) is 6.39. The number of anilines is 1. The summed E-state index contributed by atoms with van der Waals surface area (Å²) in [6.07, 6.45) is 0. The van der Waals surface area contributed by atoms with Crippen LogP contribution >= 0.6 is 15.9 Å². The number of nitrogen functional groups attached to an aromatic ring is 1. The topological polar surface area (TPSA) is 72.6 Å². The molecule has 19 heavy (non-hydrogen) atoms. The van der Waals surface area contributed by atoms with Gasteiger partial charge in [-0.1, -0.05) is 15.9 Å². The molecule has 0 aromatic heterocycles. The number of nitrogens with zero attached hydrogens (tertiary/aromatic N) is 1. The van der Waals surface area contributed by atoms with Gasteiger partial charge in [0.15, 0.2) is 6.61 Å². The van der Waals surface area contributed by atoms with E-state index < -0.39 is 5.97 Å². The number of amides is 1. The van der Waals surface area contributed by atoms with Gasteiger partial charge < -0.3 is 15.4 Å². The summed E-state index contributed by atoms with van der Waals surface area (Å²) in [5, 5.41) is 0. The molecule has 0 unspecified atom stereocenters. The van der Waals surface area contributed by atoms with Crippen molar-refractivity contribution in [1.82, 2.24) is 4.90 Å². The van der Waals surface area contributed by atoms with Crippen LogP contribution in [0.25, 0.3) is 0 Å². The second kappa shape index (κ2) is 6.56. The maximum absolute atomic E-state index is 11.8. The Balaban J connectivity index is 2.63.